The molecule has 1 aromatic rings. The first-order valence-electron chi connectivity index (χ1n) is 6.25. The van der Waals surface area contributed by atoms with Crippen LogP contribution in [0.3, 0.4) is 0 Å². The van der Waals surface area contributed by atoms with Gasteiger partial charge in [0.25, 0.3) is 0 Å². The van der Waals surface area contributed by atoms with E-state index in [1.807, 2.05) is 6.92 Å². The zero-order valence-corrected chi connectivity index (χ0v) is 12.2. The molecule has 1 saturated heterocycles. The Balaban J connectivity index is 2.00. The van der Waals surface area contributed by atoms with Gasteiger partial charge < -0.3 is 4.74 Å². The summed E-state index contributed by atoms with van der Waals surface area (Å²) in [5, 5.41) is 0.272. The van der Waals surface area contributed by atoms with Crippen LogP contribution in [0.5, 0.6) is 0 Å². The van der Waals surface area contributed by atoms with Crippen LogP contribution in [-0.4, -0.2) is 32.7 Å². The predicted octanol–water partition coefficient (Wildman–Crippen LogP) is 1.83. The molecule has 7 heteroatoms. The van der Waals surface area contributed by atoms with Crippen LogP contribution < -0.4 is 4.72 Å². The highest BCUT2D eigenvalue weighted by atomic mass is 35.5. The zero-order valence-electron chi connectivity index (χ0n) is 10.7. The summed E-state index contributed by atoms with van der Waals surface area (Å²) < 4.78 is 32.3. The minimum atomic E-state index is -3.52. The number of ether oxygens (including phenoxy) is 1. The van der Waals surface area contributed by atoms with Crippen molar-refractivity contribution in [3.05, 3.63) is 23.5 Å². The van der Waals surface area contributed by atoms with Gasteiger partial charge in [-0.15, -0.1) is 0 Å². The Morgan fingerprint density at radius 2 is 2.32 bits per heavy atom. The van der Waals surface area contributed by atoms with Crippen molar-refractivity contribution in [1.29, 1.82) is 0 Å². The molecular weight excluding hydrogens is 288 g/mol. The van der Waals surface area contributed by atoms with Crippen LogP contribution in [-0.2, 0) is 14.8 Å². The molecule has 0 amide bonds. The normalized spacial score (nSPS) is 23.7. The molecule has 5 nitrogen and oxygen atoms in total. The molecule has 2 unspecified atom stereocenters. The molecule has 19 heavy (non-hydrogen) atoms. The van der Waals surface area contributed by atoms with Crippen LogP contribution in [0, 0.1) is 5.92 Å². The summed E-state index contributed by atoms with van der Waals surface area (Å²) in [4.78, 5) is 3.91. The third-order valence-electron chi connectivity index (χ3n) is 3.29. The molecule has 2 heterocycles. The van der Waals surface area contributed by atoms with E-state index in [4.69, 9.17) is 16.3 Å². The first-order valence-corrected chi connectivity index (χ1v) is 8.12. The quantitative estimate of drug-likeness (QED) is 0.843. The Morgan fingerprint density at radius 3 is 2.95 bits per heavy atom. The van der Waals surface area contributed by atoms with Crippen LogP contribution in [0.4, 0.5) is 0 Å². The highest BCUT2D eigenvalue weighted by molar-refractivity contribution is 7.89. The van der Waals surface area contributed by atoms with E-state index in [1.165, 1.54) is 18.3 Å². The molecule has 1 aliphatic heterocycles. The largest absolute Gasteiger partial charge is 0.378 e. The fourth-order valence-corrected chi connectivity index (χ4v) is 3.35. The third kappa shape index (κ3) is 3.66. The summed E-state index contributed by atoms with van der Waals surface area (Å²) in [6, 6.07) is 2.91. The van der Waals surface area contributed by atoms with Gasteiger partial charge in [0.1, 0.15) is 10.0 Å². The van der Waals surface area contributed by atoms with Crippen molar-refractivity contribution >= 4 is 21.6 Å². The van der Waals surface area contributed by atoms with Gasteiger partial charge in [-0.2, -0.15) is 0 Å². The predicted molar refractivity (Wildman–Crippen MR) is 72.6 cm³/mol. The van der Waals surface area contributed by atoms with Crippen LogP contribution in [0.25, 0.3) is 0 Å². The smallest absolute Gasteiger partial charge is 0.242 e. The number of hydrogen-bond donors (Lipinski definition) is 1. The van der Waals surface area contributed by atoms with Gasteiger partial charge in [-0.1, -0.05) is 18.5 Å². The van der Waals surface area contributed by atoms with Gasteiger partial charge >= 0.3 is 0 Å². The molecule has 106 valence electrons. The number of nitrogens with zero attached hydrogens (tertiary/aromatic N) is 1. The standard InChI is InChI=1S/C12H17ClN2O3S/c1-2-11-9(5-6-18-11)7-15-19(16,17)10-3-4-12(13)14-8-10/h3-4,8-9,11,15H,2,5-7H2,1H3. The Morgan fingerprint density at radius 1 is 1.53 bits per heavy atom. The van der Waals surface area contributed by atoms with Crippen LogP contribution in [0.1, 0.15) is 19.8 Å². The molecule has 1 N–H and O–H groups in total. The number of aromatic nitrogens is 1. The van der Waals surface area contributed by atoms with E-state index in [2.05, 4.69) is 9.71 Å². The molecule has 0 spiro atoms. The summed E-state index contributed by atoms with van der Waals surface area (Å²) in [5.41, 5.74) is 0. The van der Waals surface area contributed by atoms with Crippen LogP contribution in [0.2, 0.25) is 5.15 Å². The van der Waals surface area contributed by atoms with Crippen molar-refractivity contribution in [2.24, 2.45) is 5.92 Å². The van der Waals surface area contributed by atoms with E-state index in [0.717, 1.165) is 12.8 Å². The van der Waals surface area contributed by atoms with Crippen molar-refractivity contribution in [3.8, 4) is 0 Å². The van der Waals surface area contributed by atoms with Crippen molar-refractivity contribution in [3.63, 3.8) is 0 Å². The summed E-state index contributed by atoms with van der Waals surface area (Å²) in [7, 11) is -3.52. The first-order chi connectivity index (χ1) is 9.03. The van der Waals surface area contributed by atoms with Gasteiger partial charge in [-0.05, 0) is 25.0 Å². The molecule has 0 aliphatic carbocycles. The maximum Gasteiger partial charge on any atom is 0.242 e. The average Bonchev–Trinajstić information content (AvgIpc) is 2.84. The second kappa shape index (κ2) is 6.17. The number of rotatable bonds is 5. The molecular formula is C12H17ClN2O3S. The number of sulfonamides is 1. The molecule has 0 bridgehead atoms. The fraction of sp³-hybridized carbons (Fsp3) is 0.583. The van der Waals surface area contributed by atoms with Gasteiger partial charge in [-0.3, -0.25) is 0 Å². The number of hydrogen-bond acceptors (Lipinski definition) is 4. The van der Waals surface area contributed by atoms with Gasteiger partial charge in [0, 0.05) is 25.3 Å². The molecule has 1 fully saturated rings. The van der Waals surface area contributed by atoms with Crippen molar-refractivity contribution < 1.29 is 13.2 Å². The van der Waals surface area contributed by atoms with Gasteiger partial charge in [0.05, 0.1) is 6.10 Å². The lowest BCUT2D eigenvalue weighted by Gasteiger charge is -2.17. The number of pyridine rings is 1. The second-order valence-corrected chi connectivity index (χ2v) is 6.69. The minimum Gasteiger partial charge on any atom is -0.378 e. The highest BCUT2D eigenvalue weighted by Crippen LogP contribution is 2.23. The summed E-state index contributed by atoms with van der Waals surface area (Å²) in [6.07, 6.45) is 3.19. The lowest BCUT2D eigenvalue weighted by Crippen LogP contribution is -2.32. The van der Waals surface area contributed by atoms with E-state index in [-0.39, 0.29) is 22.1 Å². The molecule has 2 atom stereocenters. The molecule has 0 radical (unpaired) electrons. The van der Waals surface area contributed by atoms with Gasteiger partial charge in [0.15, 0.2) is 0 Å². The van der Waals surface area contributed by atoms with E-state index < -0.39 is 10.0 Å². The Labute approximate surface area is 118 Å². The maximum absolute atomic E-state index is 12.1. The van der Waals surface area contributed by atoms with Gasteiger partial charge in [-0.25, -0.2) is 18.1 Å². The third-order valence-corrected chi connectivity index (χ3v) is 4.93. The van der Waals surface area contributed by atoms with E-state index >= 15 is 0 Å². The van der Waals surface area contributed by atoms with Gasteiger partial charge in [0.2, 0.25) is 10.0 Å². The Kier molecular flexibility index (Phi) is 4.78. The number of nitrogens with one attached hydrogen (secondary N) is 1. The summed E-state index contributed by atoms with van der Waals surface area (Å²) in [6.45, 7) is 3.14. The zero-order chi connectivity index (χ0) is 13.9. The molecule has 1 aromatic heterocycles. The minimum absolute atomic E-state index is 0.129. The molecule has 1 aliphatic rings. The lowest BCUT2D eigenvalue weighted by atomic mass is 10.0. The Bertz CT molecular complexity index is 518. The summed E-state index contributed by atoms with van der Waals surface area (Å²) >= 11 is 5.64. The SMILES string of the molecule is CCC1OCCC1CNS(=O)(=O)c1ccc(Cl)nc1. The number of halogens is 1. The van der Waals surface area contributed by atoms with Crippen LogP contribution in [0.15, 0.2) is 23.2 Å². The lowest BCUT2D eigenvalue weighted by molar-refractivity contribution is 0.0884. The fourth-order valence-electron chi connectivity index (χ4n) is 2.20. The average molecular weight is 305 g/mol. The van der Waals surface area contributed by atoms with Crippen molar-refractivity contribution in [2.45, 2.75) is 30.8 Å². The first kappa shape index (κ1) is 14.7. The van der Waals surface area contributed by atoms with E-state index in [9.17, 15) is 8.42 Å². The molecule has 0 aromatic carbocycles. The highest BCUT2D eigenvalue weighted by Gasteiger charge is 2.28. The van der Waals surface area contributed by atoms with E-state index in [0.29, 0.717) is 13.2 Å². The molecule has 0 saturated carbocycles. The maximum atomic E-state index is 12.1. The molecule has 2 rings (SSSR count). The monoisotopic (exact) mass is 304 g/mol. The van der Waals surface area contributed by atoms with E-state index in [1.54, 1.807) is 0 Å². The van der Waals surface area contributed by atoms with Crippen LogP contribution >= 0.6 is 11.6 Å². The second-order valence-electron chi connectivity index (χ2n) is 4.53. The topological polar surface area (TPSA) is 68.3 Å². The Hall–Kier alpha value is -0.690. The van der Waals surface area contributed by atoms with Crippen molar-refractivity contribution in [2.75, 3.05) is 13.2 Å². The summed E-state index contributed by atoms with van der Waals surface area (Å²) in [5.74, 6) is 0.236. The van der Waals surface area contributed by atoms with Crippen molar-refractivity contribution in [1.82, 2.24) is 9.71 Å².